The highest BCUT2D eigenvalue weighted by Crippen LogP contribution is 2.24. The molecule has 6 heteroatoms. The van der Waals surface area contributed by atoms with E-state index in [4.69, 9.17) is 9.47 Å². The van der Waals surface area contributed by atoms with Crippen LogP contribution in [0.4, 0.5) is 0 Å². The molecule has 0 aliphatic heterocycles. The van der Waals surface area contributed by atoms with Gasteiger partial charge in [0.2, 0.25) is 0 Å². The first kappa shape index (κ1) is 18.7. The second-order valence-corrected chi connectivity index (χ2v) is 6.83. The van der Waals surface area contributed by atoms with Crippen molar-refractivity contribution in [3.8, 4) is 5.75 Å². The lowest BCUT2D eigenvalue weighted by atomic mass is 10.1. The fourth-order valence-electron chi connectivity index (χ4n) is 1.93. The zero-order valence-electron chi connectivity index (χ0n) is 13.1. The Morgan fingerprint density at radius 3 is 2.33 bits per heavy atom. The van der Waals surface area contributed by atoms with Gasteiger partial charge < -0.3 is 9.47 Å². The quantitative estimate of drug-likeness (QED) is 0.433. The van der Waals surface area contributed by atoms with Gasteiger partial charge in [-0.2, -0.15) is 0 Å². The van der Waals surface area contributed by atoms with Crippen molar-refractivity contribution in [1.82, 2.24) is 0 Å². The van der Waals surface area contributed by atoms with Crippen molar-refractivity contribution < 1.29 is 19.1 Å². The largest absolute Gasteiger partial charge is 0.493 e. The van der Waals surface area contributed by atoms with Gasteiger partial charge in [0, 0.05) is 14.5 Å². The molecule has 2 rings (SSSR count). The Morgan fingerprint density at radius 1 is 1.00 bits per heavy atom. The van der Waals surface area contributed by atoms with Gasteiger partial charge in [-0.3, -0.25) is 4.79 Å². The Balaban J connectivity index is 2.05. The molecule has 2 aromatic rings. The lowest BCUT2D eigenvalue weighted by Gasteiger charge is -2.11. The standard InChI is InChI=1S/C18H16Br2O4/c1-2-9-23-17-8-7-14(20)10-15(17)18(22)24-11-16(21)12-3-5-13(19)6-4-12/h3-8,10H,2,9,11H2,1H3. The lowest BCUT2D eigenvalue weighted by molar-refractivity contribution is 0.0470. The van der Waals surface area contributed by atoms with Crippen molar-refractivity contribution in [2.45, 2.75) is 13.3 Å². The highest BCUT2D eigenvalue weighted by atomic mass is 79.9. The average molecular weight is 456 g/mol. The fourth-order valence-corrected chi connectivity index (χ4v) is 2.55. The number of esters is 1. The minimum atomic E-state index is -0.590. The Kier molecular flexibility index (Phi) is 6.99. The van der Waals surface area contributed by atoms with Crippen LogP contribution in [-0.2, 0) is 4.74 Å². The fraction of sp³-hybridized carbons (Fsp3) is 0.222. The molecular weight excluding hydrogens is 440 g/mol. The number of hydrogen-bond donors (Lipinski definition) is 0. The van der Waals surface area contributed by atoms with Gasteiger partial charge in [0.05, 0.1) is 6.61 Å². The summed E-state index contributed by atoms with van der Waals surface area (Å²) in [5, 5.41) is 0. The summed E-state index contributed by atoms with van der Waals surface area (Å²) in [5.41, 5.74) is 0.782. The molecule has 0 bridgehead atoms. The van der Waals surface area contributed by atoms with Gasteiger partial charge >= 0.3 is 5.97 Å². The Labute approximate surface area is 157 Å². The van der Waals surface area contributed by atoms with Crippen molar-refractivity contribution in [3.63, 3.8) is 0 Å². The van der Waals surface area contributed by atoms with Gasteiger partial charge in [0.15, 0.2) is 12.4 Å². The van der Waals surface area contributed by atoms with Crippen LogP contribution in [0.15, 0.2) is 51.4 Å². The van der Waals surface area contributed by atoms with Crippen LogP contribution in [0.1, 0.15) is 34.1 Å². The third-order valence-electron chi connectivity index (χ3n) is 3.12. The molecular formula is C18H16Br2O4. The summed E-state index contributed by atoms with van der Waals surface area (Å²) in [6.45, 7) is 2.16. The topological polar surface area (TPSA) is 52.6 Å². The summed E-state index contributed by atoms with van der Waals surface area (Å²) >= 11 is 6.63. The number of rotatable bonds is 7. The number of Topliss-reactive ketones (excluding diaryl/α,β-unsaturated/α-hetero) is 1. The highest BCUT2D eigenvalue weighted by Gasteiger charge is 2.17. The second-order valence-electron chi connectivity index (χ2n) is 5.00. The molecule has 0 heterocycles. The molecule has 0 aliphatic rings. The monoisotopic (exact) mass is 454 g/mol. The van der Waals surface area contributed by atoms with Crippen molar-refractivity contribution in [2.24, 2.45) is 0 Å². The van der Waals surface area contributed by atoms with Crippen molar-refractivity contribution >= 4 is 43.6 Å². The van der Waals surface area contributed by atoms with Crippen LogP contribution >= 0.6 is 31.9 Å². The average Bonchev–Trinajstić information content (AvgIpc) is 2.58. The maximum absolute atomic E-state index is 12.3. The molecule has 0 amide bonds. The zero-order chi connectivity index (χ0) is 17.5. The van der Waals surface area contributed by atoms with E-state index in [1.54, 1.807) is 42.5 Å². The third kappa shape index (κ3) is 5.18. The summed E-state index contributed by atoms with van der Waals surface area (Å²) in [7, 11) is 0. The first-order valence-corrected chi connectivity index (χ1v) is 8.98. The summed E-state index contributed by atoms with van der Waals surface area (Å²) < 4.78 is 12.3. The number of carbonyl (C=O) groups is 2. The number of benzene rings is 2. The molecule has 0 aliphatic carbocycles. The first-order chi connectivity index (χ1) is 11.5. The minimum absolute atomic E-state index is 0.262. The number of ketones is 1. The minimum Gasteiger partial charge on any atom is -0.493 e. The molecule has 24 heavy (non-hydrogen) atoms. The highest BCUT2D eigenvalue weighted by molar-refractivity contribution is 9.10. The summed E-state index contributed by atoms with van der Waals surface area (Å²) in [6, 6.07) is 12.0. The first-order valence-electron chi connectivity index (χ1n) is 7.39. The van der Waals surface area contributed by atoms with E-state index in [-0.39, 0.29) is 12.4 Å². The molecule has 0 saturated carbocycles. The maximum Gasteiger partial charge on any atom is 0.342 e. The SMILES string of the molecule is CCCOc1ccc(Br)cc1C(=O)OCC(=O)c1ccc(Br)cc1. The van der Waals surface area contributed by atoms with Crippen LogP contribution < -0.4 is 4.74 Å². The van der Waals surface area contributed by atoms with Crippen LogP contribution in [0, 0.1) is 0 Å². The lowest BCUT2D eigenvalue weighted by Crippen LogP contribution is -2.15. The van der Waals surface area contributed by atoms with Gasteiger partial charge in [-0.05, 0) is 36.8 Å². The number of carbonyl (C=O) groups excluding carboxylic acids is 2. The van der Waals surface area contributed by atoms with Gasteiger partial charge in [0.1, 0.15) is 11.3 Å². The van der Waals surface area contributed by atoms with Crippen LogP contribution in [0.5, 0.6) is 5.75 Å². The number of hydrogen-bond acceptors (Lipinski definition) is 4. The van der Waals surface area contributed by atoms with E-state index in [9.17, 15) is 9.59 Å². The third-order valence-corrected chi connectivity index (χ3v) is 4.15. The Hall–Kier alpha value is -1.66. The molecule has 0 unspecified atom stereocenters. The molecule has 0 N–H and O–H groups in total. The van der Waals surface area contributed by atoms with Crippen molar-refractivity contribution in [3.05, 3.63) is 62.5 Å². The molecule has 0 radical (unpaired) electrons. The van der Waals surface area contributed by atoms with Crippen LogP contribution in [0.2, 0.25) is 0 Å². The summed E-state index contributed by atoms with van der Waals surface area (Å²) in [6.07, 6.45) is 0.826. The van der Waals surface area contributed by atoms with Crippen LogP contribution in [0.25, 0.3) is 0 Å². The molecule has 0 aromatic heterocycles. The van der Waals surface area contributed by atoms with Gasteiger partial charge in [-0.25, -0.2) is 4.79 Å². The zero-order valence-corrected chi connectivity index (χ0v) is 16.2. The molecule has 0 spiro atoms. The predicted molar refractivity (Wildman–Crippen MR) is 98.7 cm³/mol. The van der Waals surface area contributed by atoms with Crippen LogP contribution in [0.3, 0.4) is 0 Å². The molecule has 0 atom stereocenters. The van der Waals surface area contributed by atoms with E-state index in [0.717, 1.165) is 15.4 Å². The van der Waals surface area contributed by atoms with Crippen molar-refractivity contribution in [2.75, 3.05) is 13.2 Å². The summed E-state index contributed by atoms with van der Waals surface area (Å²) in [4.78, 5) is 24.4. The molecule has 126 valence electrons. The second kappa shape index (κ2) is 8.99. The smallest absolute Gasteiger partial charge is 0.342 e. The van der Waals surface area contributed by atoms with Crippen LogP contribution in [-0.4, -0.2) is 25.0 Å². The predicted octanol–water partition coefficient (Wildman–Crippen LogP) is 5.04. The Bertz CT molecular complexity index is 726. The maximum atomic E-state index is 12.3. The van der Waals surface area contributed by atoms with E-state index in [1.165, 1.54) is 0 Å². The van der Waals surface area contributed by atoms with E-state index >= 15 is 0 Å². The van der Waals surface area contributed by atoms with Crippen molar-refractivity contribution in [1.29, 1.82) is 0 Å². The van der Waals surface area contributed by atoms with Gasteiger partial charge in [-0.15, -0.1) is 0 Å². The molecule has 0 fully saturated rings. The normalized spacial score (nSPS) is 10.3. The van der Waals surface area contributed by atoms with Gasteiger partial charge in [0.25, 0.3) is 0 Å². The number of halogens is 2. The number of ether oxygens (including phenoxy) is 2. The van der Waals surface area contributed by atoms with E-state index in [2.05, 4.69) is 31.9 Å². The van der Waals surface area contributed by atoms with E-state index in [1.807, 2.05) is 6.92 Å². The van der Waals surface area contributed by atoms with Gasteiger partial charge in [-0.1, -0.05) is 50.9 Å². The molecule has 2 aromatic carbocycles. The molecule has 0 saturated heterocycles. The van der Waals surface area contributed by atoms with E-state index in [0.29, 0.717) is 23.5 Å². The van der Waals surface area contributed by atoms with E-state index < -0.39 is 5.97 Å². The summed E-state index contributed by atoms with van der Waals surface area (Å²) in [5.74, 6) is -0.407. The Morgan fingerprint density at radius 2 is 1.67 bits per heavy atom. The molecule has 4 nitrogen and oxygen atoms in total.